The molecule has 2 rings (SSSR count). The van der Waals surface area contributed by atoms with Gasteiger partial charge >= 0.3 is 0 Å². The molecule has 0 N–H and O–H groups in total. The Hall–Kier alpha value is -0.940. The van der Waals surface area contributed by atoms with Crippen molar-refractivity contribution in [2.75, 3.05) is 13.2 Å². The molecule has 1 aliphatic heterocycles. The number of hydrogen-bond acceptors (Lipinski definition) is 4. The number of aromatic nitrogens is 3. The maximum Gasteiger partial charge on any atom is 0.159 e. The zero-order valence-corrected chi connectivity index (χ0v) is 10.8. The quantitative estimate of drug-likeness (QED) is 0.806. The molecule has 2 heterocycles. The molecule has 0 radical (unpaired) electrons. The molecule has 0 spiro atoms. The van der Waals surface area contributed by atoms with Crippen molar-refractivity contribution < 1.29 is 9.47 Å². The van der Waals surface area contributed by atoms with Crippen LogP contribution in [0.1, 0.15) is 39.3 Å². The predicted octanol–water partition coefficient (Wildman–Crippen LogP) is 1.73. The normalized spacial score (nSPS) is 18.5. The topological polar surface area (TPSA) is 49.2 Å². The number of ether oxygens (including phenoxy) is 2. The molecule has 0 saturated carbocycles. The summed E-state index contributed by atoms with van der Waals surface area (Å²) >= 11 is 0. The standard InChI is InChI=1S/C12H21N3O2/c1-12(2,3)10-9-13-14-15(10)6-5-11-16-7-4-8-17-11/h9,11H,4-8H2,1-3H3. The predicted molar refractivity (Wildman–Crippen MR) is 63.6 cm³/mol. The van der Waals surface area contributed by atoms with Gasteiger partial charge in [-0.25, -0.2) is 4.68 Å². The molecular formula is C12H21N3O2. The first-order chi connectivity index (χ1) is 8.07. The summed E-state index contributed by atoms with van der Waals surface area (Å²) in [5.41, 5.74) is 1.21. The molecule has 0 aliphatic carbocycles. The summed E-state index contributed by atoms with van der Waals surface area (Å²) < 4.78 is 13.0. The lowest BCUT2D eigenvalue weighted by atomic mass is 9.93. The molecule has 5 heteroatoms. The van der Waals surface area contributed by atoms with E-state index in [1.54, 1.807) is 0 Å². The van der Waals surface area contributed by atoms with Gasteiger partial charge in [-0.05, 0) is 6.42 Å². The highest BCUT2D eigenvalue weighted by atomic mass is 16.7. The Labute approximate surface area is 102 Å². The Kier molecular flexibility index (Phi) is 3.79. The molecule has 1 aromatic heterocycles. The fourth-order valence-corrected chi connectivity index (χ4v) is 1.93. The summed E-state index contributed by atoms with van der Waals surface area (Å²) in [5, 5.41) is 8.11. The Morgan fingerprint density at radius 2 is 2.06 bits per heavy atom. The minimum absolute atomic E-state index is 0.0672. The molecule has 0 bridgehead atoms. The van der Waals surface area contributed by atoms with Gasteiger partial charge in [0.1, 0.15) is 0 Å². The van der Waals surface area contributed by atoms with E-state index in [4.69, 9.17) is 9.47 Å². The average Bonchev–Trinajstić information content (AvgIpc) is 2.75. The van der Waals surface area contributed by atoms with Gasteiger partial charge in [-0.2, -0.15) is 0 Å². The van der Waals surface area contributed by atoms with Crippen LogP contribution in [0.3, 0.4) is 0 Å². The van der Waals surface area contributed by atoms with E-state index in [0.29, 0.717) is 0 Å². The van der Waals surface area contributed by atoms with Gasteiger partial charge in [-0.15, -0.1) is 5.10 Å². The Morgan fingerprint density at radius 3 is 2.71 bits per heavy atom. The summed E-state index contributed by atoms with van der Waals surface area (Å²) in [6.45, 7) is 8.88. The first-order valence-electron chi connectivity index (χ1n) is 6.19. The van der Waals surface area contributed by atoms with E-state index in [-0.39, 0.29) is 11.7 Å². The Bertz CT molecular complexity index is 351. The summed E-state index contributed by atoms with van der Waals surface area (Å²) in [7, 11) is 0. The molecule has 5 nitrogen and oxygen atoms in total. The fraction of sp³-hybridized carbons (Fsp3) is 0.833. The molecule has 1 saturated heterocycles. The van der Waals surface area contributed by atoms with Crippen molar-refractivity contribution in [3.05, 3.63) is 11.9 Å². The second-order valence-corrected chi connectivity index (χ2v) is 5.41. The number of rotatable bonds is 3. The number of hydrogen-bond donors (Lipinski definition) is 0. The summed E-state index contributed by atoms with van der Waals surface area (Å²) in [6.07, 6.45) is 3.57. The smallest absolute Gasteiger partial charge is 0.159 e. The summed E-state index contributed by atoms with van der Waals surface area (Å²) in [6, 6.07) is 0. The molecule has 1 fully saturated rings. The van der Waals surface area contributed by atoms with E-state index in [2.05, 4.69) is 31.1 Å². The van der Waals surface area contributed by atoms with Crippen LogP contribution in [-0.4, -0.2) is 34.5 Å². The highest BCUT2D eigenvalue weighted by molar-refractivity contribution is 5.07. The van der Waals surface area contributed by atoms with E-state index in [9.17, 15) is 0 Å². The molecule has 96 valence electrons. The van der Waals surface area contributed by atoms with Crippen LogP contribution in [0.25, 0.3) is 0 Å². The third-order valence-electron chi connectivity index (χ3n) is 2.86. The van der Waals surface area contributed by atoms with Crippen molar-refractivity contribution in [3.63, 3.8) is 0 Å². The van der Waals surface area contributed by atoms with Gasteiger partial charge in [0, 0.05) is 18.4 Å². The molecular weight excluding hydrogens is 218 g/mol. The van der Waals surface area contributed by atoms with E-state index in [1.807, 2.05) is 10.9 Å². The van der Waals surface area contributed by atoms with Gasteiger partial charge in [-0.3, -0.25) is 0 Å². The van der Waals surface area contributed by atoms with Crippen LogP contribution >= 0.6 is 0 Å². The molecule has 0 amide bonds. The van der Waals surface area contributed by atoms with Crippen LogP contribution in [-0.2, 0) is 21.4 Å². The summed E-state index contributed by atoms with van der Waals surface area (Å²) in [4.78, 5) is 0. The van der Waals surface area contributed by atoms with Crippen LogP contribution in [0, 0.1) is 0 Å². The number of aryl methyl sites for hydroxylation is 1. The van der Waals surface area contributed by atoms with Crippen molar-refractivity contribution in [1.82, 2.24) is 15.0 Å². The minimum atomic E-state index is -0.0826. The molecule has 1 aromatic rings. The molecule has 0 aromatic carbocycles. The van der Waals surface area contributed by atoms with Crippen molar-refractivity contribution in [2.24, 2.45) is 0 Å². The zero-order valence-electron chi connectivity index (χ0n) is 10.8. The van der Waals surface area contributed by atoms with E-state index >= 15 is 0 Å². The molecule has 0 atom stereocenters. The van der Waals surface area contributed by atoms with Crippen LogP contribution in [0.15, 0.2) is 6.20 Å². The average molecular weight is 239 g/mol. The first kappa shape index (κ1) is 12.5. The maximum atomic E-state index is 5.52. The largest absolute Gasteiger partial charge is 0.353 e. The van der Waals surface area contributed by atoms with Gasteiger partial charge in [0.05, 0.1) is 25.1 Å². The summed E-state index contributed by atoms with van der Waals surface area (Å²) in [5.74, 6) is 0. The minimum Gasteiger partial charge on any atom is -0.353 e. The third-order valence-corrected chi connectivity index (χ3v) is 2.86. The van der Waals surface area contributed by atoms with E-state index < -0.39 is 0 Å². The van der Waals surface area contributed by atoms with Crippen molar-refractivity contribution in [3.8, 4) is 0 Å². The highest BCUT2D eigenvalue weighted by Gasteiger charge is 2.21. The Balaban J connectivity index is 1.92. The van der Waals surface area contributed by atoms with Crippen molar-refractivity contribution in [2.45, 2.75) is 51.9 Å². The number of nitrogens with zero attached hydrogens (tertiary/aromatic N) is 3. The van der Waals surface area contributed by atoms with Gasteiger partial charge < -0.3 is 9.47 Å². The van der Waals surface area contributed by atoms with Crippen LogP contribution in [0.4, 0.5) is 0 Å². The first-order valence-corrected chi connectivity index (χ1v) is 6.19. The monoisotopic (exact) mass is 239 g/mol. The zero-order chi connectivity index (χ0) is 12.3. The van der Waals surface area contributed by atoms with Crippen molar-refractivity contribution in [1.29, 1.82) is 0 Å². The van der Waals surface area contributed by atoms with Gasteiger partial charge in [0.2, 0.25) is 0 Å². The lowest BCUT2D eigenvalue weighted by Gasteiger charge is -2.24. The van der Waals surface area contributed by atoms with E-state index in [0.717, 1.165) is 38.3 Å². The van der Waals surface area contributed by atoms with Crippen LogP contribution in [0.5, 0.6) is 0 Å². The lowest BCUT2D eigenvalue weighted by Crippen LogP contribution is -2.27. The third kappa shape index (κ3) is 3.26. The lowest BCUT2D eigenvalue weighted by molar-refractivity contribution is -0.182. The fourth-order valence-electron chi connectivity index (χ4n) is 1.93. The van der Waals surface area contributed by atoms with Gasteiger partial charge in [-0.1, -0.05) is 26.0 Å². The maximum absolute atomic E-state index is 5.52. The highest BCUT2D eigenvalue weighted by Crippen LogP contribution is 2.21. The SMILES string of the molecule is CC(C)(C)c1cnnn1CCC1OCCCO1. The Morgan fingerprint density at radius 1 is 1.35 bits per heavy atom. The molecule has 17 heavy (non-hydrogen) atoms. The molecule has 0 unspecified atom stereocenters. The van der Waals surface area contributed by atoms with Gasteiger partial charge in [0.25, 0.3) is 0 Å². The second kappa shape index (κ2) is 5.14. The second-order valence-electron chi connectivity index (χ2n) is 5.41. The van der Waals surface area contributed by atoms with Gasteiger partial charge in [0.15, 0.2) is 6.29 Å². The van der Waals surface area contributed by atoms with Crippen molar-refractivity contribution >= 4 is 0 Å². The van der Waals surface area contributed by atoms with E-state index in [1.165, 1.54) is 0 Å². The van der Waals surface area contributed by atoms with Crippen LogP contribution in [0.2, 0.25) is 0 Å². The molecule has 1 aliphatic rings. The van der Waals surface area contributed by atoms with Crippen LogP contribution < -0.4 is 0 Å².